The van der Waals surface area contributed by atoms with Gasteiger partial charge in [-0.05, 0) is 24.1 Å². The molecule has 0 amide bonds. The third-order valence-corrected chi connectivity index (χ3v) is 4.67. The largest absolute Gasteiger partial charge is 0.379 e. The SMILES string of the molecule is CCNC(=NCc1cccc(CN2CCOCC2)c1)NCc1ccccc1F.I. The molecule has 0 radical (unpaired) electrons. The Labute approximate surface area is 189 Å². The predicted molar refractivity (Wildman–Crippen MR) is 126 cm³/mol. The fourth-order valence-corrected chi connectivity index (χ4v) is 3.18. The number of halogens is 2. The number of aliphatic imine (C=N–C) groups is 1. The van der Waals surface area contributed by atoms with Gasteiger partial charge in [-0.1, -0.05) is 42.5 Å². The van der Waals surface area contributed by atoms with Gasteiger partial charge in [-0.15, -0.1) is 24.0 Å². The zero-order valence-corrected chi connectivity index (χ0v) is 19.2. The fraction of sp³-hybridized carbons (Fsp3) is 0.409. The van der Waals surface area contributed by atoms with Gasteiger partial charge in [0.2, 0.25) is 0 Å². The number of ether oxygens (including phenoxy) is 1. The molecule has 1 saturated heterocycles. The topological polar surface area (TPSA) is 48.9 Å². The van der Waals surface area contributed by atoms with Gasteiger partial charge in [-0.25, -0.2) is 9.38 Å². The second-order valence-electron chi connectivity index (χ2n) is 6.85. The van der Waals surface area contributed by atoms with E-state index in [9.17, 15) is 4.39 Å². The molecule has 158 valence electrons. The van der Waals surface area contributed by atoms with E-state index in [1.165, 1.54) is 11.6 Å². The number of benzene rings is 2. The van der Waals surface area contributed by atoms with Gasteiger partial charge in [-0.2, -0.15) is 0 Å². The van der Waals surface area contributed by atoms with Gasteiger partial charge < -0.3 is 15.4 Å². The van der Waals surface area contributed by atoms with Crippen LogP contribution in [0.5, 0.6) is 0 Å². The first-order chi connectivity index (χ1) is 13.7. The molecule has 0 bridgehead atoms. The average Bonchev–Trinajstić information content (AvgIpc) is 2.72. The van der Waals surface area contributed by atoms with Crippen molar-refractivity contribution in [3.8, 4) is 0 Å². The lowest BCUT2D eigenvalue weighted by Gasteiger charge is -2.26. The summed E-state index contributed by atoms with van der Waals surface area (Å²) < 4.78 is 19.2. The molecule has 0 saturated carbocycles. The van der Waals surface area contributed by atoms with E-state index in [4.69, 9.17) is 4.74 Å². The summed E-state index contributed by atoms with van der Waals surface area (Å²) in [7, 11) is 0. The van der Waals surface area contributed by atoms with Crippen molar-refractivity contribution in [3.63, 3.8) is 0 Å². The molecule has 1 aliphatic heterocycles. The Bertz CT molecular complexity index is 781. The van der Waals surface area contributed by atoms with Gasteiger partial charge in [0.25, 0.3) is 0 Å². The minimum Gasteiger partial charge on any atom is -0.379 e. The van der Waals surface area contributed by atoms with Crippen molar-refractivity contribution in [3.05, 3.63) is 71.0 Å². The highest BCUT2D eigenvalue weighted by molar-refractivity contribution is 14.0. The third-order valence-electron chi connectivity index (χ3n) is 4.67. The minimum atomic E-state index is -0.207. The van der Waals surface area contributed by atoms with E-state index in [1.54, 1.807) is 12.1 Å². The number of nitrogens with one attached hydrogen (secondary N) is 2. The summed E-state index contributed by atoms with van der Waals surface area (Å²) in [4.78, 5) is 7.06. The van der Waals surface area contributed by atoms with E-state index in [1.807, 2.05) is 13.0 Å². The van der Waals surface area contributed by atoms with Crippen molar-refractivity contribution in [1.29, 1.82) is 0 Å². The molecule has 1 aliphatic rings. The van der Waals surface area contributed by atoms with Crippen LogP contribution in [0.15, 0.2) is 53.5 Å². The zero-order valence-electron chi connectivity index (χ0n) is 16.9. The maximum Gasteiger partial charge on any atom is 0.191 e. The molecule has 5 nitrogen and oxygen atoms in total. The average molecular weight is 512 g/mol. The quantitative estimate of drug-likeness (QED) is 0.339. The first-order valence-corrected chi connectivity index (χ1v) is 9.88. The third kappa shape index (κ3) is 7.91. The lowest BCUT2D eigenvalue weighted by atomic mass is 10.1. The molecule has 1 heterocycles. The van der Waals surface area contributed by atoms with Crippen molar-refractivity contribution in [2.24, 2.45) is 4.99 Å². The Morgan fingerprint density at radius 1 is 1.07 bits per heavy atom. The molecule has 2 aromatic rings. The number of nitrogens with zero attached hydrogens (tertiary/aromatic N) is 2. The molecule has 0 unspecified atom stereocenters. The van der Waals surface area contributed by atoms with Crippen molar-refractivity contribution in [2.45, 2.75) is 26.6 Å². The molecule has 7 heteroatoms. The summed E-state index contributed by atoms with van der Waals surface area (Å²) in [6, 6.07) is 15.3. The standard InChI is InChI=1S/C22H29FN4O.HI/c1-2-24-22(26-16-20-8-3-4-9-21(20)23)25-15-18-6-5-7-19(14-18)17-27-10-12-28-13-11-27;/h3-9,14H,2,10-13,15-17H2,1H3,(H2,24,25,26);1H. The molecule has 0 aliphatic carbocycles. The molecule has 3 rings (SSSR count). The summed E-state index contributed by atoms with van der Waals surface area (Å²) in [5.74, 6) is 0.478. The molecule has 29 heavy (non-hydrogen) atoms. The molecule has 2 N–H and O–H groups in total. The van der Waals surface area contributed by atoms with Crippen LogP contribution in [0, 0.1) is 5.82 Å². The van der Waals surface area contributed by atoms with Crippen molar-refractivity contribution < 1.29 is 9.13 Å². The summed E-state index contributed by atoms with van der Waals surface area (Å²) >= 11 is 0. The molecular formula is C22H30FIN4O. The van der Waals surface area contributed by atoms with Gasteiger partial charge in [0, 0.05) is 38.3 Å². The molecule has 0 aromatic heterocycles. The van der Waals surface area contributed by atoms with Crippen LogP contribution in [0.1, 0.15) is 23.6 Å². The summed E-state index contributed by atoms with van der Waals surface area (Å²) in [6.45, 7) is 8.25. The first-order valence-electron chi connectivity index (χ1n) is 9.88. The van der Waals surface area contributed by atoms with Crippen molar-refractivity contribution >= 4 is 29.9 Å². The van der Waals surface area contributed by atoms with E-state index in [-0.39, 0.29) is 29.8 Å². The minimum absolute atomic E-state index is 0. The smallest absolute Gasteiger partial charge is 0.191 e. The van der Waals surface area contributed by atoms with Gasteiger partial charge in [0.05, 0.1) is 19.8 Å². The molecular weight excluding hydrogens is 482 g/mol. The zero-order chi connectivity index (χ0) is 19.6. The van der Waals surface area contributed by atoms with Crippen LogP contribution in [0.25, 0.3) is 0 Å². The maximum atomic E-state index is 13.8. The monoisotopic (exact) mass is 512 g/mol. The molecule has 1 fully saturated rings. The lowest BCUT2D eigenvalue weighted by Crippen LogP contribution is -2.37. The van der Waals surface area contributed by atoms with Crippen molar-refractivity contribution in [2.75, 3.05) is 32.8 Å². The van der Waals surface area contributed by atoms with Crippen LogP contribution in [-0.2, 0) is 24.4 Å². The van der Waals surface area contributed by atoms with E-state index in [0.717, 1.165) is 45.0 Å². The number of hydrogen-bond donors (Lipinski definition) is 2. The number of morpholine rings is 1. The molecule has 0 atom stereocenters. The second kappa shape index (κ2) is 12.8. The van der Waals surface area contributed by atoms with Crippen LogP contribution < -0.4 is 10.6 Å². The normalized spacial score (nSPS) is 14.9. The molecule has 0 spiro atoms. The van der Waals surface area contributed by atoms with E-state index >= 15 is 0 Å². The van der Waals surface area contributed by atoms with Gasteiger partial charge in [0.15, 0.2) is 5.96 Å². The maximum absolute atomic E-state index is 13.8. The van der Waals surface area contributed by atoms with Crippen LogP contribution in [-0.4, -0.2) is 43.7 Å². The highest BCUT2D eigenvalue weighted by Gasteiger charge is 2.10. The summed E-state index contributed by atoms with van der Waals surface area (Å²) in [6.07, 6.45) is 0. The van der Waals surface area contributed by atoms with Crippen LogP contribution in [0.2, 0.25) is 0 Å². The van der Waals surface area contributed by atoms with Crippen molar-refractivity contribution in [1.82, 2.24) is 15.5 Å². The van der Waals surface area contributed by atoms with E-state index in [0.29, 0.717) is 24.6 Å². The lowest BCUT2D eigenvalue weighted by molar-refractivity contribution is 0.0342. The Kier molecular flexibility index (Phi) is 10.4. The number of rotatable bonds is 7. The number of hydrogen-bond acceptors (Lipinski definition) is 3. The Morgan fingerprint density at radius 2 is 1.83 bits per heavy atom. The first kappa shape index (κ1) is 23.6. The fourth-order valence-electron chi connectivity index (χ4n) is 3.18. The Balaban J connectivity index is 0.00000300. The van der Waals surface area contributed by atoms with Gasteiger partial charge in [-0.3, -0.25) is 4.90 Å². The van der Waals surface area contributed by atoms with Crippen LogP contribution in [0.3, 0.4) is 0 Å². The van der Waals surface area contributed by atoms with Gasteiger partial charge in [0.1, 0.15) is 5.82 Å². The number of guanidine groups is 1. The highest BCUT2D eigenvalue weighted by Crippen LogP contribution is 2.11. The highest BCUT2D eigenvalue weighted by atomic mass is 127. The predicted octanol–water partition coefficient (Wildman–Crippen LogP) is 3.53. The van der Waals surface area contributed by atoms with Crippen LogP contribution >= 0.6 is 24.0 Å². The Morgan fingerprint density at radius 3 is 2.59 bits per heavy atom. The summed E-state index contributed by atoms with van der Waals surface area (Å²) in [5, 5.41) is 6.42. The molecule has 2 aromatic carbocycles. The van der Waals surface area contributed by atoms with Crippen LogP contribution in [0.4, 0.5) is 4.39 Å². The second-order valence-corrected chi connectivity index (χ2v) is 6.85. The van der Waals surface area contributed by atoms with E-state index < -0.39 is 0 Å². The van der Waals surface area contributed by atoms with E-state index in [2.05, 4.69) is 44.8 Å². The van der Waals surface area contributed by atoms with Gasteiger partial charge >= 0.3 is 0 Å². The summed E-state index contributed by atoms with van der Waals surface area (Å²) in [5.41, 5.74) is 3.08. The Hall–Kier alpha value is -1.71.